The number of ether oxygens (including phenoxy) is 1. The van der Waals surface area contributed by atoms with Crippen LogP contribution in [0.5, 0.6) is 5.75 Å². The Hall–Kier alpha value is -1.75. The third-order valence-electron chi connectivity index (χ3n) is 4.48. The van der Waals surface area contributed by atoms with Crippen LogP contribution in [0.1, 0.15) is 38.7 Å². The number of aliphatic hydroxyl groups is 1. The molecule has 1 aliphatic carbocycles. The van der Waals surface area contributed by atoms with E-state index in [1.165, 1.54) is 0 Å². The summed E-state index contributed by atoms with van der Waals surface area (Å²) in [5.74, 6) is 0.831. The van der Waals surface area contributed by atoms with Crippen LogP contribution >= 0.6 is 0 Å². The lowest BCUT2D eigenvalue weighted by atomic mass is 9.86. The van der Waals surface area contributed by atoms with Gasteiger partial charge in [0.2, 0.25) is 0 Å². The molecule has 1 aliphatic rings. The van der Waals surface area contributed by atoms with Crippen LogP contribution in [0, 0.1) is 12.3 Å². The van der Waals surface area contributed by atoms with Crippen LogP contribution in [0.2, 0.25) is 0 Å². The fourth-order valence-electron chi connectivity index (χ4n) is 3.04. The molecule has 2 amide bonds. The fourth-order valence-corrected chi connectivity index (χ4v) is 3.04. The smallest absolute Gasteiger partial charge is 0.319 e. The topological polar surface area (TPSA) is 70.6 Å². The third kappa shape index (κ3) is 3.71. The van der Waals surface area contributed by atoms with Crippen molar-refractivity contribution in [3.8, 4) is 5.75 Å². The summed E-state index contributed by atoms with van der Waals surface area (Å²) in [4.78, 5) is 12.2. The first-order valence-electron chi connectivity index (χ1n) is 7.90. The van der Waals surface area contributed by atoms with Gasteiger partial charge < -0.3 is 20.5 Å². The van der Waals surface area contributed by atoms with Crippen LogP contribution < -0.4 is 15.4 Å². The number of hydrogen-bond donors (Lipinski definition) is 3. The Labute approximate surface area is 132 Å². The molecule has 0 aromatic heterocycles. The summed E-state index contributed by atoms with van der Waals surface area (Å²) in [6.07, 6.45) is 2.88. The van der Waals surface area contributed by atoms with Crippen LogP contribution in [0.4, 0.5) is 10.5 Å². The Morgan fingerprint density at radius 2 is 2.27 bits per heavy atom. The highest BCUT2D eigenvalue weighted by Crippen LogP contribution is 2.37. The van der Waals surface area contributed by atoms with E-state index in [-0.39, 0.29) is 24.1 Å². The van der Waals surface area contributed by atoms with Gasteiger partial charge in [-0.2, -0.15) is 0 Å². The average molecular weight is 306 g/mol. The molecule has 5 nitrogen and oxygen atoms in total. The Bertz CT molecular complexity index is 533. The van der Waals surface area contributed by atoms with Crippen molar-refractivity contribution in [1.82, 2.24) is 5.32 Å². The van der Waals surface area contributed by atoms with E-state index < -0.39 is 0 Å². The van der Waals surface area contributed by atoms with E-state index in [9.17, 15) is 9.90 Å². The number of anilines is 1. The van der Waals surface area contributed by atoms with Gasteiger partial charge in [-0.05, 0) is 50.5 Å². The van der Waals surface area contributed by atoms with Crippen molar-refractivity contribution in [1.29, 1.82) is 0 Å². The summed E-state index contributed by atoms with van der Waals surface area (Å²) in [6, 6.07) is 5.38. The predicted octanol–water partition coefficient (Wildman–Crippen LogP) is 3.07. The number of aliphatic hydroxyl groups excluding tert-OH is 1. The first-order chi connectivity index (χ1) is 10.5. The van der Waals surface area contributed by atoms with Crippen LogP contribution in [-0.4, -0.2) is 30.4 Å². The summed E-state index contributed by atoms with van der Waals surface area (Å²) in [7, 11) is 0. The molecule has 1 fully saturated rings. The summed E-state index contributed by atoms with van der Waals surface area (Å²) in [6.45, 7) is 6.63. The van der Waals surface area contributed by atoms with Crippen molar-refractivity contribution in [3.63, 3.8) is 0 Å². The minimum Gasteiger partial charge on any atom is -0.494 e. The highest BCUT2D eigenvalue weighted by atomic mass is 16.5. The summed E-state index contributed by atoms with van der Waals surface area (Å²) in [5, 5.41) is 15.4. The maximum Gasteiger partial charge on any atom is 0.319 e. The van der Waals surface area contributed by atoms with E-state index >= 15 is 0 Å². The van der Waals surface area contributed by atoms with Crippen LogP contribution in [0.25, 0.3) is 0 Å². The largest absolute Gasteiger partial charge is 0.494 e. The predicted molar refractivity (Wildman–Crippen MR) is 87.3 cm³/mol. The average Bonchev–Trinajstić information content (AvgIpc) is 2.84. The van der Waals surface area contributed by atoms with Crippen molar-refractivity contribution in [2.45, 2.75) is 46.1 Å². The molecule has 0 heterocycles. The number of carbonyl (C=O) groups is 1. The lowest BCUT2D eigenvalue weighted by molar-refractivity contribution is 0.122. The van der Waals surface area contributed by atoms with Gasteiger partial charge in [0, 0.05) is 17.1 Å². The second-order valence-electron chi connectivity index (χ2n) is 6.27. The minimum atomic E-state index is -0.227. The monoisotopic (exact) mass is 306 g/mol. The SMILES string of the molecule is CCOc1ccc(NC(=O)NC2CCCC2(C)CO)cc1C. The van der Waals surface area contributed by atoms with Gasteiger partial charge in [-0.15, -0.1) is 0 Å². The highest BCUT2D eigenvalue weighted by Gasteiger charge is 2.39. The summed E-state index contributed by atoms with van der Waals surface area (Å²) < 4.78 is 5.49. The number of nitrogens with one attached hydrogen (secondary N) is 2. The van der Waals surface area contributed by atoms with E-state index in [1.807, 2.05) is 39.0 Å². The molecule has 5 heteroatoms. The zero-order valence-electron chi connectivity index (χ0n) is 13.6. The first-order valence-corrected chi connectivity index (χ1v) is 7.90. The van der Waals surface area contributed by atoms with Gasteiger partial charge in [-0.3, -0.25) is 0 Å². The lowest BCUT2D eigenvalue weighted by Gasteiger charge is -2.30. The van der Waals surface area contributed by atoms with E-state index in [0.717, 1.165) is 36.3 Å². The van der Waals surface area contributed by atoms with E-state index in [4.69, 9.17) is 4.74 Å². The molecule has 0 radical (unpaired) electrons. The van der Waals surface area contributed by atoms with Crippen molar-refractivity contribution in [3.05, 3.63) is 23.8 Å². The molecule has 22 heavy (non-hydrogen) atoms. The molecular weight excluding hydrogens is 280 g/mol. The first kappa shape index (κ1) is 16.6. The lowest BCUT2D eigenvalue weighted by Crippen LogP contribution is -2.46. The number of benzene rings is 1. The Balaban J connectivity index is 1.96. The third-order valence-corrected chi connectivity index (χ3v) is 4.48. The number of urea groups is 1. The van der Waals surface area contributed by atoms with Gasteiger partial charge in [-0.1, -0.05) is 13.3 Å². The zero-order chi connectivity index (χ0) is 16.2. The van der Waals surface area contributed by atoms with Crippen molar-refractivity contribution in [2.24, 2.45) is 5.41 Å². The quantitative estimate of drug-likeness (QED) is 0.783. The van der Waals surface area contributed by atoms with Crippen molar-refractivity contribution in [2.75, 3.05) is 18.5 Å². The van der Waals surface area contributed by atoms with Crippen LogP contribution in [0.15, 0.2) is 18.2 Å². The molecule has 2 atom stereocenters. The van der Waals surface area contributed by atoms with Gasteiger partial charge in [0.15, 0.2) is 0 Å². The number of hydrogen-bond acceptors (Lipinski definition) is 3. The Kier molecular flexibility index (Phi) is 5.29. The molecule has 2 rings (SSSR count). The van der Waals surface area contributed by atoms with Gasteiger partial charge in [-0.25, -0.2) is 4.79 Å². The number of aryl methyl sites for hydroxylation is 1. The summed E-state index contributed by atoms with van der Waals surface area (Å²) >= 11 is 0. The van der Waals surface area contributed by atoms with Gasteiger partial charge >= 0.3 is 6.03 Å². The van der Waals surface area contributed by atoms with E-state index in [0.29, 0.717) is 6.61 Å². The molecular formula is C17H26N2O3. The molecule has 0 bridgehead atoms. The molecule has 1 aromatic carbocycles. The maximum atomic E-state index is 12.2. The Morgan fingerprint density at radius 1 is 1.50 bits per heavy atom. The van der Waals surface area contributed by atoms with Crippen molar-refractivity contribution >= 4 is 11.7 Å². The number of rotatable bonds is 5. The zero-order valence-corrected chi connectivity index (χ0v) is 13.6. The molecule has 2 unspecified atom stereocenters. The number of carbonyl (C=O) groups excluding carboxylic acids is 1. The fraction of sp³-hybridized carbons (Fsp3) is 0.588. The molecule has 0 aliphatic heterocycles. The van der Waals surface area contributed by atoms with Gasteiger partial charge in [0.25, 0.3) is 0 Å². The van der Waals surface area contributed by atoms with Crippen LogP contribution in [-0.2, 0) is 0 Å². The molecule has 122 valence electrons. The number of amides is 2. The second kappa shape index (κ2) is 7.01. The Morgan fingerprint density at radius 3 is 2.91 bits per heavy atom. The highest BCUT2D eigenvalue weighted by molar-refractivity contribution is 5.89. The molecule has 1 aromatic rings. The minimum absolute atomic E-state index is 0.0151. The van der Waals surface area contributed by atoms with Crippen LogP contribution in [0.3, 0.4) is 0 Å². The van der Waals surface area contributed by atoms with E-state index in [1.54, 1.807) is 0 Å². The van der Waals surface area contributed by atoms with Gasteiger partial charge in [0.1, 0.15) is 5.75 Å². The maximum absolute atomic E-state index is 12.2. The molecule has 0 saturated heterocycles. The second-order valence-corrected chi connectivity index (χ2v) is 6.27. The normalized spacial score (nSPS) is 24.1. The van der Waals surface area contributed by atoms with Gasteiger partial charge in [0.05, 0.1) is 13.2 Å². The molecule has 1 saturated carbocycles. The molecule has 0 spiro atoms. The summed E-state index contributed by atoms with van der Waals surface area (Å²) in [5.41, 5.74) is 1.51. The van der Waals surface area contributed by atoms with Crippen molar-refractivity contribution < 1.29 is 14.6 Å². The molecule has 3 N–H and O–H groups in total. The standard InChI is InChI=1S/C17H26N2O3/c1-4-22-14-8-7-13(10-12(14)2)18-16(21)19-15-6-5-9-17(15,3)11-20/h7-8,10,15,20H,4-6,9,11H2,1-3H3,(H2,18,19,21). The van der Waals surface area contributed by atoms with E-state index in [2.05, 4.69) is 10.6 Å².